The van der Waals surface area contributed by atoms with E-state index in [2.05, 4.69) is 4.90 Å². The minimum atomic E-state index is -0.883. The Labute approximate surface area is 114 Å². The van der Waals surface area contributed by atoms with Gasteiger partial charge in [-0.3, -0.25) is 0 Å². The third-order valence-electron chi connectivity index (χ3n) is 3.53. The van der Waals surface area contributed by atoms with Crippen molar-refractivity contribution in [2.24, 2.45) is 0 Å². The fourth-order valence-electron chi connectivity index (χ4n) is 2.49. The van der Waals surface area contributed by atoms with Gasteiger partial charge in [0.25, 0.3) is 0 Å². The zero-order chi connectivity index (χ0) is 13.6. The largest absolute Gasteiger partial charge is 0.477 e. The molecule has 2 aromatic rings. The minimum Gasteiger partial charge on any atom is -0.477 e. The van der Waals surface area contributed by atoms with Gasteiger partial charge in [0.15, 0.2) is 0 Å². The molecule has 100 valence electrons. The van der Waals surface area contributed by atoms with Crippen molar-refractivity contribution in [3.8, 4) is 0 Å². The van der Waals surface area contributed by atoms with Crippen LogP contribution in [0, 0.1) is 0 Å². The van der Waals surface area contributed by atoms with Gasteiger partial charge in [0.05, 0.1) is 5.60 Å². The first kappa shape index (κ1) is 12.4. The van der Waals surface area contributed by atoms with Gasteiger partial charge in [-0.2, -0.15) is 0 Å². The Bertz CT molecular complexity index is 647. The molecule has 1 aromatic carbocycles. The van der Waals surface area contributed by atoms with Crippen molar-refractivity contribution < 1.29 is 15.0 Å². The molecule has 1 aliphatic heterocycles. The van der Waals surface area contributed by atoms with Crippen molar-refractivity contribution in [1.82, 2.24) is 0 Å². The number of carboxylic acid groups (broad SMARTS) is 1. The quantitative estimate of drug-likeness (QED) is 0.885. The summed E-state index contributed by atoms with van der Waals surface area (Å²) in [5.41, 5.74) is 0.417. The third-order valence-corrected chi connectivity index (χ3v) is 4.62. The zero-order valence-electron chi connectivity index (χ0n) is 10.6. The number of carboxylic acids is 1. The first-order valence-corrected chi connectivity index (χ1v) is 7.00. The molecule has 19 heavy (non-hydrogen) atoms. The maximum atomic E-state index is 11.0. The average Bonchev–Trinajstić information content (AvgIpc) is 2.91. The Morgan fingerprint density at radius 1 is 1.42 bits per heavy atom. The Morgan fingerprint density at radius 2 is 2.21 bits per heavy atom. The highest BCUT2D eigenvalue weighted by molar-refractivity contribution is 7.20. The van der Waals surface area contributed by atoms with E-state index in [0.29, 0.717) is 11.4 Å². The molecule has 1 atom stereocenters. The van der Waals surface area contributed by atoms with Crippen LogP contribution in [0.5, 0.6) is 0 Å². The summed E-state index contributed by atoms with van der Waals surface area (Å²) >= 11 is 1.29. The molecule has 0 saturated carbocycles. The highest BCUT2D eigenvalue weighted by Gasteiger charge is 2.31. The molecule has 0 spiro atoms. The second-order valence-corrected chi connectivity index (χ2v) is 6.39. The highest BCUT2D eigenvalue weighted by Crippen LogP contribution is 2.32. The van der Waals surface area contributed by atoms with Crippen LogP contribution < -0.4 is 4.90 Å². The molecule has 1 fully saturated rings. The van der Waals surface area contributed by atoms with Crippen molar-refractivity contribution in [3.63, 3.8) is 0 Å². The summed E-state index contributed by atoms with van der Waals surface area (Å²) in [6.45, 7) is 3.30. The van der Waals surface area contributed by atoms with Gasteiger partial charge in [0.1, 0.15) is 4.88 Å². The van der Waals surface area contributed by atoms with Gasteiger partial charge >= 0.3 is 5.97 Å². The molecule has 1 aliphatic rings. The summed E-state index contributed by atoms with van der Waals surface area (Å²) in [5.74, 6) is -0.883. The zero-order valence-corrected chi connectivity index (χ0v) is 11.4. The maximum absolute atomic E-state index is 11.0. The van der Waals surface area contributed by atoms with Crippen molar-refractivity contribution in [3.05, 3.63) is 29.1 Å². The first-order valence-electron chi connectivity index (χ1n) is 6.19. The molecule has 5 heteroatoms. The predicted molar refractivity (Wildman–Crippen MR) is 76.2 cm³/mol. The van der Waals surface area contributed by atoms with Crippen LogP contribution in [0.3, 0.4) is 0 Å². The minimum absolute atomic E-state index is 0.362. The number of nitrogens with zero attached hydrogens (tertiary/aromatic N) is 1. The lowest BCUT2D eigenvalue weighted by atomic mass is 10.1. The molecule has 2 N–H and O–H groups in total. The predicted octanol–water partition coefficient (Wildman–Crippen LogP) is 2.56. The molecule has 4 nitrogen and oxygen atoms in total. The SMILES string of the molecule is CC1(O)CCN(c2ccc3cc(C(=O)O)sc3c2)C1. The maximum Gasteiger partial charge on any atom is 0.345 e. The summed E-state index contributed by atoms with van der Waals surface area (Å²) in [7, 11) is 0. The van der Waals surface area contributed by atoms with E-state index >= 15 is 0 Å². The second-order valence-electron chi connectivity index (χ2n) is 5.31. The first-order chi connectivity index (χ1) is 8.94. The Morgan fingerprint density at radius 3 is 2.84 bits per heavy atom. The normalized spacial score (nSPS) is 23.2. The van der Waals surface area contributed by atoms with E-state index in [9.17, 15) is 9.90 Å². The summed E-state index contributed by atoms with van der Waals surface area (Å²) in [6.07, 6.45) is 0.760. The lowest BCUT2D eigenvalue weighted by Crippen LogP contribution is -2.29. The molecule has 0 radical (unpaired) electrons. The van der Waals surface area contributed by atoms with Crippen LogP contribution in [0.25, 0.3) is 10.1 Å². The summed E-state index contributed by atoms with van der Waals surface area (Å²) in [4.78, 5) is 13.5. The van der Waals surface area contributed by atoms with E-state index < -0.39 is 11.6 Å². The van der Waals surface area contributed by atoms with Crippen molar-refractivity contribution in [2.45, 2.75) is 18.9 Å². The number of hydrogen-bond donors (Lipinski definition) is 2. The molecule has 3 rings (SSSR count). The molecule has 2 heterocycles. The van der Waals surface area contributed by atoms with Gasteiger partial charge in [-0.15, -0.1) is 11.3 Å². The molecule has 1 saturated heterocycles. The summed E-state index contributed by atoms with van der Waals surface area (Å²) in [6, 6.07) is 7.64. The van der Waals surface area contributed by atoms with Crippen LogP contribution >= 0.6 is 11.3 Å². The molecule has 1 unspecified atom stereocenters. The fraction of sp³-hybridized carbons (Fsp3) is 0.357. The number of hydrogen-bond acceptors (Lipinski definition) is 4. The summed E-state index contributed by atoms with van der Waals surface area (Å²) < 4.78 is 0.974. The van der Waals surface area contributed by atoms with Gasteiger partial charge in [0.2, 0.25) is 0 Å². The monoisotopic (exact) mass is 277 g/mol. The van der Waals surface area contributed by atoms with Crippen molar-refractivity contribution in [1.29, 1.82) is 0 Å². The molecule has 1 aromatic heterocycles. The smallest absolute Gasteiger partial charge is 0.345 e. The average molecular weight is 277 g/mol. The van der Waals surface area contributed by atoms with Crippen LogP contribution in [-0.4, -0.2) is 34.9 Å². The Kier molecular flexibility index (Phi) is 2.76. The van der Waals surface area contributed by atoms with E-state index in [-0.39, 0.29) is 0 Å². The molecule has 0 amide bonds. The van der Waals surface area contributed by atoms with Gasteiger partial charge in [-0.25, -0.2) is 4.79 Å². The van der Waals surface area contributed by atoms with Gasteiger partial charge in [-0.1, -0.05) is 6.07 Å². The molecule has 0 aliphatic carbocycles. The number of thiophene rings is 1. The van der Waals surface area contributed by atoms with E-state index in [0.717, 1.165) is 28.7 Å². The van der Waals surface area contributed by atoms with Crippen LogP contribution in [0.2, 0.25) is 0 Å². The number of fused-ring (bicyclic) bond motifs is 1. The van der Waals surface area contributed by atoms with Crippen LogP contribution in [-0.2, 0) is 0 Å². The van der Waals surface area contributed by atoms with Crippen LogP contribution in [0.1, 0.15) is 23.0 Å². The number of aromatic carboxylic acids is 1. The Hall–Kier alpha value is -1.59. The number of carbonyl (C=O) groups is 1. The van der Waals surface area contributed by atoms with E-state index in [1.807, 2.05) is 25.1 Å². The number of aliphatic hydroxyl groups is 1. The number of anilines is 1. The van der Waals surface area contributed by atoms with Gasteiger partial charge < -0.3 is 15.1 Å². The number of rotatable bonds is 2. The van der Waals surface area contributed by atoms with Crippen molar-refractivity contribution >= 4 is 33.1 Å². The number of β-amino-alcohol motifs (C(OH)–C–C–N with tert-alkyl or cyclic N) is 1. The standard InChI is InChI=1S/C14H15NO3S/c1-14(18)4-5-15(8-14)10-3-2-9-6-12(13(16)17)19-11(9)7-10/h2-3,6-7,18H,4-5,8H2,1H3,(H,16,17). The van der Waals surface area contributed by atoms with Crippen LogP contribution in [0.15, 0.2) is 24.3 Å². The molecular weight excluding hydrogens is 262 g/mol. The second kappa shape index (κ2) is 4.21. The lowest BCUT2D eigenvalue weighted by molar-refractivity contribution is 0.0702. The lowest BCUT2D eigenvalue weighted by Gasteiger charge is -2.20. The van der Waals surface area contributed by atoms with E-state index in [1.165, 1.54) is 11.3 Å². The summed E-state index contributed by atoms with van der Waals surface area (Å²) in [5, 5.41) is 20.0. The van der Waals surface area contributed by atoms with Crippen LogP contribution in [0.4, 0.5) is 5.69 Å². The van der Waals surface area contributed by atoms with Gasteiger partial charge in [-0.05, 0) is 36.9 Å². The topological polar surface area (TPSA) is 60.8 Å². The fourth-order valence-corrected chi connectivity index (χ4v) is 3.42. The van der Waals surface area contributed by atoms with Gasteiger partial charge in [0, 0.05) is 23.5 Å². The van der Waals surface area contributed by atoms with E-state index in [4.69, 9.17) is 5.11 Å². The molecule has 0 bridgehead atoms. The van der Waals surface area contributed by atoms with Crippen molar-refractivity contribution in [2.75, 3.05) is 18.0 Å². The third kappa shape index (κ3) is 2.31. The number of benzene rings is 1. The highest BCUT2D eigenvalue weighted by atomic mass is 32.1. The Balaban J connectivity index is 1.95. The molecular formula is C14H15NO3S. The van der Waals surface area contributed by atoms with E-state index in [1.54, 1.807) is 6.07 Å².